The van der Waals surface area contributed by atoms with E-state index in [-0.39, 0.29) is 22.0 Å². The molecule has 2 aromatic rings. The SMILES string of the molecule is CN(C)S(=O)(=O)c1cc(N[C@@H]2CC(=O)N(c3ccc(F)cc3)C2=O)ccc1Cl. The summed E-state index contributed by atoms with van der Waals surface area (Å²) < 4.78 is 38.9. The van der Waals surface area contributed by atoms with Crippen LogP contribution in [0.25, 0.3) is 0 Å². The number of carbonyl (C=O) groups is 2. The van der Waals surface area contributed by atoms with Gasteiger partial charge in [0.25, 0.3) is 5.91 Å². The van der Waals surface area contributed by atoms with Crippen molar-refractivity contribution in [3.8, 4) is 0 Å². The predicted octanol–water partition coefficient (Wildman–Crippen LogP) is 2.47. The minimum absolute atomic E-state index is 0.0426. The van der Waals surface area contributed by atoms with Crippen LogP contribution in [0, 0.1) is 5.82 Å². The Morgan fingerprint density at radius 2 is 1.79 bits per heavy atom. The van der Waals surface area contributed by atoms with E-state index in [4.69, 9.17) is 11.6 Å². The number of hydrogen-bond acceptors (Lipinski definition) is 5. The number of nitrogens with one attached hydrogen (secondary N) is 1. The summed E-state index contributed by atoms with van der Waals surface area (Å²) in [5.74, 6) is -1.43. The average Bonchev–Trinajstić information content (AvgIpc) is 2.91. The second-order valence-corrected chi connectivity index (χ2v) is 8.90. The quantitative estimate of drug-likeness (QED) is 0.744. The number of halogens is 2. The van der Waals surface area contributed by atoms with Crippen molar-refractivity contribution in [2.45, 2.75) is 17.4 Å². The number of amides is 2. The molecule has 1 aliphatic heterocycles. The van der Waals surface area contributed by atoms with Gasteiger partial charge < -0.3 is 5.32 Å². The second kappa shape index (κ2) is 7.50. The molecule has 1 fully saturated rings. The maximum atomic E-state index is 13.1. The van der Waals surface area contributed by atoms with Gasteiger partial charge in [-0.3, -0.25) is 9.59 Å². The van der Waals surface area contributed by atoms with Crippen molar-refractivity contribution in [2.75, 3.05) is 24.3 Å². The van der Waals surface area contributed by atoms with Gasteiger partial charge in [0, 0.05) is 19.8 Å². The first-order valence-electron chi connectivity index (χ1n) is 8.22. The summed E-state index contributed by atoms with van der Waals surface area (Å²) in [5.41, 5.74) is 0.601. The van der Waals surface area contributed by atoms with Crippen LogP contribution in [-0.2, 0) is 19.6 Å². The number of rotatable bonds is 5. The molecule has 7 nitrogen and oxygen atoms in total. The fraction of sp³-hybridized carbons (Fsp3) is 0.222. The fourth-order valence-electron chi connectivity index (χ4n) is 2.79. The largest absolute Gasteiger partial charge is 0.373 e. The molecule has 1 N–H and O–H groups in total. The third-order valence-electron chi connectivity index (χ3n) is 4.26. The number of sulfonamides is 1. The molecule has 0 aliphatic carbocycles. The third kappa shape index (κ3) is 3.73. The summed E-state index contributed by atoms with van der Waals surface area (Å²) in [6, 6.07) is 8.37. The molecule has 0 radical (unpaired) electrons. The molecule has 28 heavy (non-hydrogen) atoms. The van der Waals surface area contributed by atoms with Crippen molar-refractivity contribution < 1.29 is 22.4 Å². The van der Waals surface area contributed by atoms with Crippen molar-refractivity contribution in [1.29, 1.82) is 0 Å². The van der Waals surface area contributed by atoms with Crippen LogP contribution >= 0.6 is 11.6 Å². The van der Waals surface area contributed by atoms with Crippen molar-refractivity contribution in [3.63, 3.8) is 0 Å². The van der Waals surface area contributed by atoms with E-state index in [0.29, 0.717) is 5.69 Å². The van der Waals surface area contributed by atoms with Gasteiger partial charge in [-0.25, -0.2) is 22.0 Å². The number of nitrogens with zero attached hydrogens (tertiary/aromatic N) is 2. The molecular weight excluding hydrogens is 409 g/mol. The summed E-state index contributed by atoms with van der Waals surface area (Å²) in [6.07, 6.45) is -0.116. The Bertz CT molecular complexity index is 1040. The first-order valence-corrected chi connectivity index (χ1v) is 10.0. The topological polar surface area (TPSA) is 86.8 Å². The molecule has 1 aliphatic rings. The van der Waals surface area contributed by atoms with E-state index < -0.39 is 33.7 Å². The fourth-order valence-corrected chi connectivity index (χ4v) is 4.19. The summed E-state index contributed by atoms with van der Waals surface area (Å²) in [7, 11) is -1.02. The van der Waals surface area contributed by atoms with Crippen LogP contribution < -0.4 is 10.2 Å². The normalized spacial score (nSPS) is 17.5. The molecular formula is C18H17ClFN3O4S. The molecule has 0 aromatic heterocycles. The van der Waals surface area contributed by atoms with Gasteiger partial charge in [-0.1, -0.05) is 11.6 Å². The lowest BCUT2D eigenvalue weighted by Crippen LogP contribution is -2.34. The van der Waals surface area contributed by atoms with Crippen LogP contribution in [0.4, 0.5) is 15.8 Å². The zero-order chi connectivity index (χ0) is 20.6. The van der Waals surface area contributed by atoms with E-state index in [1.165, 1.54) is 44.4 Å². The number of carbonyl (C=O) groups excluding carboxylic acids is 2. The molecule has 0 bridgehead atoms. The first-order chi connectivity index (χ1) is 13.1. The van der Waals surface area contributed by atoms with Crippen LogP contribution in [0.5, 0.6) is 0 Å². The predicted molar refractivity (Wildman–Crippen MR) is 103 cm³/mol. The highest BCUT2D eigenvalue weighted by Crippen LogP contribution is 2.29. The minimum atomic E-state index is -3.78. The van der Waals surface area contributed by atoms with Crippen molar-refractivity contribution in [1.82, 2.24) is 4.31 Å². The van der Waals surface area contributed by atoms with Gasteiger partial charge in [0.15, 0.2) is 0 Å². The molecule has 0 spiro atoms. The summed E-state index contributed by atoms with van der Waals surface area (Å²) in [5, 5.41) is 2.93. The maximum Gasteiger partial charge on any atom is 0.256 e. The van der Waals surface area contributed by atoms with Gasteiger partial charge in [0.2, 0.25) is 15.9 Å². The van der Waals surface area contributed by atoms with Crippen LogP contribution in [0.1, 0.15) is 6.42 Å². The van der Waals surface area contributed by atoms with E-state index in [1.807, 2.05) is 0 Å². The summed E-state index contributed by atoms with van der Waals surface area (Å²) in [4.78, 5) is 25.8. The summed E-state index contributed by atoms with van der Waals surface area (Å²) in [6.45, 7) is 0. The number of imide groups is 1. The molecule has 2 amide bonds. The smallest absolute Gasteiger partial charge is 0.256 e. The van der Waals surface area contributed by atoms with E-state index in [0.717, 1.165) is 21.3 Å². The van der Waals surface area contributed by atoms with Gasteiger partial charge in [0.1, 0.15) is 16.8 Å². The minimum Gasteiger partial charge on any atom is -0.373 e. The lowest BCUT2D eigenvalue weighted by Gasteiger charge is -2.17. The molecule has 148 valence electrons. The van der Waals surface area contributed by atoms with Crippen molar-refractivity contribution >= 4 is 44.8 Å². The van der Waals surface area contributed by atoms with E-state index in [2.05, 4.69) is 5.32 Å². The van der Waals surface area contributed by atoms with Gasteiger partial charge in [-0.15, -0.1) is 0 Å². The van der Waals surface area contributed by atoms with E-state index >= 15 is 0 Å². The van der Waals surface area contributed by atoms with Gasteiger partial charge in [-0.05, 0) is 42.5 Å². The van der Waals surface area contributed by atoms with Crippen molar-refractivity contribution in [3.05, 3.63) is 53.3 Å². The Hall–Kier alpha value is -2.49. The van der Waals surface area contributed by atoms with Crippen molar-refractivity contribution in [2.24, 2.45) is 0 Å². The van der Waals surface area contributed by atoms with Crippen LogP contribution in [0.2, 0.25) is 5.02 Å². The van der Waals surface area contributed by atoms with Gasteiger partial charge >= 0.3 is 0 Å². The molecule has 10 heteroatoms. The van der Waals surface area contributed by atoms with Crippen LogP contribution in [-0.4, -0.2) is 44.7 Å². The Morgan fingerprint density at radius 3 is 2.39 bits per heavy atom. The second-order valence-electron chi connectivity index (χ2n) is 6.38. The third-order valence-corrected chi connectivity index (χ3v) is 6.56. The van der Waals surface area contributed by atoms with Gasteiger partial charge in [0.05, 0.1) is 17.1 Å². The standard InChI is InChI=1S/C18H17ClFN3O4S/c1-22(2)28(26,27)16-9-12(5-8-14(16)19)21-15-10-17(24)23(18(15)25)13-6-3-11(20)4-7-13/h3-9,15,21H,10H2,1-2H3/t15-/m1/s1. The molecule has 0 unspecified atom stereocenters. The number of anilines is 2. The molecule has 0 saturated carbocycles. The highest BCUT2D eigenvalue weighted by atomic mass is 35.5. The summed E-state index contributed by atoms with van der Waals surface area (Å²) >= 11 is 6.02. The number of hydrogen-bond donors (Lipinski definition) is 1. The number of benzene rings is 2. The highest BCUT2D eigenvalue weighted by molar-refractivity contribution is 7.89. The van der Waals surface area contributed by atoms with E-state index in [9.17, 15) is 22.4 Å². The average molecular weight is 426 g/mol. The Balaban J connectivity index is 1.86. The highest BCUT2D eigenvalue weighted by Gasteiger charge is 2.39. The Kier molecular flexibility index (Phi) is 5.42. The lowest BCUT2D eigenvalue weighted by molar-refractivity contribution is -0.121. The zero-order valence-electron chi connectivity index (χ0n) is 15.0. The molecule has 3 rings (SSSR count). The molecule has 1 saturated heterocycles. The molecule has 2 aromatic carbocycles. The zero-order valence-corrected chi connectivity index (χ0v) is 16.6. The monoisotopic (exact) mass is 425 g/mol. The van der Waals surface area contributed by atoms with Crippen LogP contribution in [0.15, 0.2) is 47.4 Å². The Morgan fingerprint density at radius 1 is 1.14 bits per heavy atom. The van der Waals surface area contributed by atoms with Crippen LogP contribution in [0.3, 0.4) is 0 Å². The van der Waals surface area contributed by atoms with Gasteiger partial charge in [-0.2, -0.15) is 0 Å². The Labute approximate surface area is 166 Å². The molecule has 1 atom stereocenters. The molecule has 1 heterocycles. The maximum absolute atomic E-state index is 13.1. The first kappa shape index (κ1) is 20.2. The van der Waals surface area contributed by atoms with E-state index in [1.54, 1.807) is 0 Å². The lowest BCUT2D eigenvalue weighted by atomic mass is 10.2.